The number of ether oxygens (including phenoxy) is 1. The van der Waals surface area contributed by atoms with Gasteiger partial charge in [-0.05, 0) is 12.8 Å². The third-order valence-corrected chi connectivity index (χ3v) is 2.32. The minimum absolute atomic E-state index is 0.0541. The van der Waals surface area contributed by atoms with Gasteiger partial charge in [0.1, 0.15) is 6.54 Å². The third kappa shape index (κ3) is 9.23. The summed E-state index contributed by atoms with van der Waals surface area (Å²) in [5, 5.41) is 4.69. The van der Waals surface area contributed by atoms with Crippen LogP contribution in [0, 0.1) is 5.92 Å². The fraction of sp³-hybridized carbons (Fsp3) is 0.909. The fourth-order valence-corrected chi connectivity index (χ4v) is 1.22. The molecule has 0 saturated carbocycles. The van der Waals surface area contributed by atoms with E-state index in [0.717, 1.165) is 0 Å². The molecule has 0 bridgehead atoms. The number of nitrogens with one attached hydrogen (secondary N) is 2. The molecule has 18 heavy (non-hydrogen) atoms. The number of halogens is 3. The first-order valence-electron chi connectivity index (χ1n) is 5.90. The van der Waals surface area contributed by atoms with Gasteiger partial charge >= 0.3 is 6.18 Å². The van der Waals surface area contributed by atoms with E-state index in [2.05, 4.69) is 5.32 Å². The first-order chi connectivity index (χ1) is 8.26. The van der Waals surface area contributed by atoms with Crippen molar-refractivity contribution in [2.24, 2.45) is 5.92 Å². The Balaban J connectivity index is 3.92. The van der Waals surface area contributed by atoms with E-state index >= 15 is 0 Å². The van der Waals surface area contributed by atoms with Gasteiger partial charge in [0.2, 0.25) is 5.91 Å². The summed E-state index contributed by atoms with van der Waals surface area (Å²) < 4.78 is 40.8. The summed E-state index contributed by atoms with van der Waals surface area (Å²) in [7, 11) is 0. The Morgan fingerprint density at radius 2 is 1.94 bits per heavy atom. The van der Waals surface area contributed by atoms with Crippen molar-refractivity contribution in [2.45, 2.75) is 33.0 Å². The number of carbonyl (C=O) groups is 1. The van der Waals surface area contributed by atoms with Crippen molar-refractivity contribution in [2.75, 3.05) is 26.3 Å². The Kier molecular flexibility index (Phi) is 7.93. The molecule has 1 atom stereocenters. The molecule has 4 nitrogen and oxygen atoms in total. The molecule has 1 amide bonds. The van der Waals surface area contributed by atoms with Gasteiger partial charge in [-0.25, -0.2) is 0 Å². The number of hydrogen-bond acceptors (Lipinski definition) is 3. The van der Waals surface area contributed by atoms with Crippen molar-refractivity contribution in [1.82, 2.24) is 10.6 Å². The molecule has 0 radical (unpaired) electrons. The minimum atomic E-state index is -4.38. The molecule has 108 valence electrons. The molecule has 0 heterocycles. The molecule has 7 heteroatoms. The average Bonchev–Trinajstić information content (AvgIpc) is 2.25. The molecule has 0 rings (SSSR count). The topological polar surface area (TPSA) is 50.4 Å². The lowest BCUT2D eigenvalue weighted by molar-refractivity contribution is -0.138. The largest absolute Gasteiger partial charge is 0.405 e. The molecule has 0 fully saturated rings. The molecule has 0 aromatic rings. The highest BCUT2D eigenvalue weighted by Crippen LogP contribution is 2.11. The Hall–Kier alpha value is -0.820. The smallest absolute Gasteiger partial charge is 0.380 e. The summed E-state index contributed by atoms with van der Waals surface area (Å²) in [6.07, 6.45) is -4.38. The maximum Gasteiger partial charge on any atom is 0.405 e. The lowest BCUT2D eigenvalue weighted by atomic mass is 10.1. The van der Waals surface area contributed by atoms with Gasteiger partial charge in [0.05, 0.1) is 13.2 Å². The number of alkyl halides is 3. The zero-order chi connectivity index (χ0) is 14.2. The zero-order valence-electron chi connectivity index (χ0n) is 10.9. The van der Waals surface area contributed by atoms with Gasteiger partial charge in [0.15, 0.2) is 0 Å². The van der Waals surface area contributed by atoms with Gasteiger partial charge < -0.3 is 15.4 Å². The molecule has 0 aliphatic heterocycles. The number of rotatable bonds is 8. The van der Waals surface area contributed by atoms with Crippen molar-refractivity contribution in [3.8, 4) is 0 Å². The summed E-state index contributed by atoms with van der Waals surface area (Å²) in [4.78, 5) is 11.2. The maximum absolute atomic E-state index is 11.9. The van der Waals surface area contributed by atoms with Crippen LogP contribution in [0.25, 0.3) is 0 Å². The molecule has 0 aliphatic carbocycles. The summed E-state index contributed by atoms with van der Waals surface area (Å²) in [5.74, 6) is -0.443. The summed E-state index contributed by atoms with van der Waals surface area (Å²) >= 11 is 0. The Morgan fingerprint density at radius 1 is 1.33 bits per heavy atom. The number of amides is 1. The third-order valence-electron chi connectivity index (χ3n) is 2.32. The molecular formula is C11H21F3N2O2. The van der Waals surface area contributed by atoms with Crippen LogP contribution in [-0.4, -0.2) is 44.4 Å². The van der Waals surface area contributed by atoms with Crippen molar-refractivity contribution < 1.29 is 22.7 Å². The normalized spacial score (nSPS) is 13.7. The highest BCUT2D eigenvalue weighted by Gasteiger charge is 2.27. The summed E-state index contributed by atoms with van der Waals surface area (Å²) in [6, 6.07) is -0.0541. The van der Waals surface area contributed by atoms with Crippen molar-refractivity contribution >= 4 is 5.91 Å². The Labute approximate surface area is 105 Å². The molecule has 0 aromatic heterocycles. The van der Waals surface area contributed by atoms with Crippen LogP contribution in [0.5, 0.6) is 0 Å². The first-order valence-corrected chi connectivity index (χ1v) is 5.90. The van der Waals surface area contributed by atoms with E-state index in [-0.39, 0.29) is 18.5 Å². The standard InChI is InChI=1S/C11H21F3N2O2/c1-4-18-6-9(8(2)3)15-5-10(17)16-7-11(12,13)14/h8-9,15H,4-7H2,1-3H3,(H,16,17). The molecule has 0 aromatic carbocycles. The quantitative estimate of drug-likeness (QED) is 0.699. The minimum Gasteiger partial charge on any atom is -0.380 e. The van der Waals surface area contributed by atoms with E-state index in [4.69, 9.17) is 4.74 Å². The van der Waals surface area contributed by atoms with E-state index in [1.165, 1.54) is 0 Å². The van der Waals surface area contributed by atoms with E-state index in [1.807, 2.05) is 20.8 Å². The fourth-order valence-electron chi connectivity index (χ4n) is 1.22. The summed E-state index contributed by atoms with van der Waals surface area (Å²) in [5.41, 5.74) is 0. The molecular weight excluding hydrogens is 249 g/mol. The molecule has 0 saturated heterocycles. The maximum atomic E-state index is 11.9. The van der Waals surface area contributed by atoms with Crippen LogP contribution >= 0.6 is 0 Å². The second kappa shape index (κ2) is 8.31. The van der Waals surface area contributed by atoms with Gasteiger partial charge in [0.25, 0.3) is 0 Å². The lowest BCUT2D eigenvalue weighted by Gasteiger charge is -2.22. The molecule has 2 N–H and O–H groups in total. The van der Waals surface area contributed by atoms with Crippen LogP contribution < -0.4 is 10.6 Å². The van der Waals surface area contributed by atoms with E-state index in [9.17, 15) is 18.0 Å². The lowest BCUT2D eigenvalue weighted by Crippen LogP contribution is -2.45. The van der Waals surface area contributed by atoms with Crippen molar-refractivity contribution in [3.63, 3.8) is 0 Å². The van der Waals surface area contributed by atoms with Crippen LogP contribution in [-0.2, 0) is 9.53 Å². The van der Waals surface area contributed by atoms with Crippen LogP contribution in [0.4, 0.5) is 13.2 Å². The second-order valence-electron chi connectivity index (χ2n) is 4.28. The zero-order valence-corrected chi connectivity index (χ0v) is 10.9. The Bertz CT molecular complexity index is 245. The highest BCUT2D eigenvalue weighted by molar-refractivity contribution is 5.78. The molecule has 1 unspecified atom stereocenters. The van der Waals surface area contributed by atoms with Crippen molar-refractivity contribution in [3.05, 3.63) is 0 Å². The monoisotopic (exact) mass is 270 g/mol. The van der Waals surface area contributed by atoms with Gasteiger partial charge in [-0.3, -0.25) is 4.79 Å². The van der Waals surface area contributed by atoms with Crippen LogP contribution in [0.3, 0.4) is 0 Å². The van der Waals surface area contributed by atoms with Crippen LogP contribution in [0.2, 0.25) is 0 Å². The van der Waals surface area contributed by atoms with Gasteiger partial charge in [0, 0.05) is 12.6 Å². The van der Waals surface area contributed by atoms with Gasteiger partial charge in [-0.2, -0.15) is 13.2 Å². The van der Waals surface area contributed by atoms with E-state index < -0.39 is 18.6 Å². The van der Waals surface area contributed by atoms with Gasteiger partial charge in [-0.1, -0.05) is 13.8 Å². The SMILES string of the molecule is CCOCC(NCC(=O)NCC(F)(F)F)C(C)C. The Morgan fingerprint density at radius 3 is 2.39 bits per heavy atom. The van der Waals surface area contributed by atoms with Crippen LogP contribution in [0.15, 0.2) is 0 Å². The molecule has 0 spiro atoms. The second-order valence-corrected chi connectivity index (χ2v) is 4.28. The van der Waals surface area contributed by atoms with Crippen LogP contribution in [0.1, 0.15) is 20.8 Å². The van der Waals surface area contributed by atoms with Crippen molar-refractivity contribution in [1.29, 1.82) is 0 Å². The predicted octanol–water partition coefficient (Wildman–Crippen LogP) is 1.32. The number of hydrogen-bond donors (Lipinski definition) is 2. The molecule has 0 aliphatic rings. The summed E-state index contributed by atoms with van der Waals surface area (Å²) in [6.45, 7) is 5.30. The van der Waals surface area contributed by atoms with E-state index in [0.29, 0.717) is 13.2 Å². The van der Waals surface area contributed by atoms with Gasteiger partial charge in [-0.15, -0.1) is 0 Å². The average molecular weight is 270 g/mol. The number of carbonyl (C=O) groups excluding carboxylic acids is 1. The highest BCUT2D eigenvalue weighted by atomic mass is 19.4. The first kappa shape index (κ1) is 17.2. The van der Waals surface area contributed by atoms with E-state index in [1.54, 1.807) is 5.32 Å². The predicted molar refractivity (Wildman–Crippen MR) is 62.2 cm³/mol.